The molecule has 6 heteroatoms. The first-order valence-electron chi connectivity index (χ1n) is 9.65. The van der Waals surface area contributed by atoms with Crippen LogP contribution in [0.4, 0.5) is 0 Å². The predicted molar refractivity (Wildman–Crippen MR) is 105 cm³/mol. The Balaban J connectivity index is 1.51. The van der Waals surface area contributed by atoms with E-state index in [-0.39, 0.29) is 29.2 Å². The Morgan fingerprint density at radius 3 is 2.48 bits per heavy atom. The number of fused-ring (bicyclic) bond motifs is 2. The second-order valence-electron chi connectivity index (χ2n) is 8.23. The molecule has 0 spiro atoms. The smallest absolute Gasteiger partial charge is 0.259 e. The normalized spacial score (nSPS) is 26.8. The van der Waals surface area contributed by atoms with Gasteiger partial charge >= 0.3 is 0 Å². The molecule has 0 aliphatic heterocycles. The van der Waals surface area contributed by atoms with Gasteiger partial charge < -0.3 is 10.1 Å². The minimum Gasteiger partial charge on any atom is -0.494 e. The first-order chi connectivity index (χ1) is 12.8. The van der Waals surface area contributed by atoms with Gasteiger partial charge in [0.05, 0.1) is 13.2 Å². The molecule has 0 radical (unpaired) electrons. The standard InChI is InChI=1S/C21H29N3O3/c1-5-27-16-8-6-14(7-9-16)19(26)22-13-18(25)24-23-17-12-15-10-11-21(17,4)20(15,2)3/h6-9,15H,5,10-13H2,1-4H3,(H,22,26)(H,24,25)/b23-17-/t15-,21-/m1/s1. The van der Waals surface area contributed by atoms with Gasteiger partial charge in [-0.15, -0.1) is 0 Å². The average Bonchev–Trinajstić information content (AvgIpc) is 2.98. The quantitative estimate of drug-likeness (QED) is 0.754. The summed E-state index contributed by atoms with van der Waals surface area (Å²) in [7, 11) is 0. The lowest BCUT2D eigenvalue weighted by molar-refractivity contribution is -0.120. The van der Waals surface area contributed by atoms with E-state index in [2.05, 4.69) is 36.6 Å². The second kappa shape index (κ2) is 7.33. The lowest BCUT2D eigenvalue weighted by Crippen LogP contribution is -2.37. The summed E-state index contributed by atoms with van der Waals surface area (Å²) in [5.41, 5.74) is 4.46. The SMILES string of the molecule is CCOc1ccc(C(=O)NCC(=O)N/N=C2/C[C@H]3CC[C@@]2(C)C3(C)C)cc1. The van der Waals surface area contributed by atoms with Gasteiger partial charge in [-0.1, -0.05) is 20.8 Å². The van der Waals surface area contributed by atoms with Crippen LogP contribution < -0.4 is 15.5 Å². The molecule has 0 saturated heterocycles. The summed E-state index contributed by atoms with van der Waals surface area (Å²) in [6, 6.07) is 6.83. The summed E-state index contributed by atoms with van der Waals surface area (Å²) >= 11 is 0. The number of benzene rings is 1. The molecule has 6 nitrogen and oxygen atoms in total. The molecule has 1 aromatic carbocycles. The monoisotopic (exact) mass is 371 g/mol. The lowest BCUT2D eigenvalue weighted by Gasteiger charge is -2.34. The maximum absolute atomic E-state index is 12.2. The number of ether oxygens (including phenoxy) is 1. The molecule has 0 unspecified atom stereocenters. The Morgan fingerprint density at radius 2 is 1.93 bits per heavy atom. The highest BCUT2D eigenvalue weighted by molar-refractivity contribution is 5.97. The van der Waals surface area contributed by atoms with Gasteiger partial charge in [-0.25, -0.2) is 5.43 Å². The van der Waals surface area contributed by atoms with Crippen molar-refractivity contribution in [2.75, 3.05) is 13.2 Å². The number of carbonyl (C=O) groups is 2. The van der Waals surface area contributed by atoms with Crippen molar-refractivity contribution in [3.05, 3.63) is 29.8 Å². The second-order valence-corrected chi connectivity index (χ2v) is 8.23. The van der Waals surface area contributed by atoms with Gasteiger partial charge in [0.25, 0.3) is 11.8 Å². The number of hydrogen-bond donors (Lipinski definition) is 2. The van der Waals surface area contributed by atoms with Crippen molar-refractivity contribution in [2.24, 2.45) is 21.8 Å². The molecule has 146 valence electrons. The van der Waals surface area contributed by atoms with E-state index in [0.29, 0.717) is 23.8 Å². The highest BCUT2D eigenvalue weighted by atomic mass is 16.5. The molecule has 2 atom stereocenters. The fourth-order valence-electron chi connectivity index (χ4n) is 4.40. The molecule has 0 aromatic heterocycles. The molecule has 2 bridgehead atoms. The molecule has 3 rings (SSSR count). The van der Waals surface area contributed by atoms with Crippen molar-refractivity contribution >= 4 is 17.5 Å². The highest BCUT2D eigenvalue weighted by Gasteiger charge is 2.59. The van der Waals surface area contributed by atoms with Crippen LogP contribution >= 0.6 is 0 Å². The van der Waals surface area contributed by atoms with Gasteiger partial charge in [-0.3, -0.25) is 9.59 Å². The van der Waals surface area contributed by atoms with E-state index in [0.717, 1.165) is 18.6 Å². The Bertz CT molecular complexity index is 754. The summed E-state index contributed by atoms with van der Waals surface area (Å²) in [6.07, 6.45) is 3.30. The number of hydrazone groups is 1. The van der Waals surface area contributed by atoms with Crippen LogP contribution in [0.3, 0.4) is 0 Å². The van der Waals surface area contributed by atoms with Crippen LogP contribution in [0.1, 0.15) is 57.3 Å². The summed E-state index contributed by atoms with van der Waals surface area (Å²) in [4.78, 5) is 24.2. The maximum Gasteiger partial charge on any atom is 0.259 e. The lowest BCUT2D eigenvalue weighted by atomic mass is 9.70. The van der Waals surface area contributed by atoms with Crippen LogP contribution in [-0.4, -0.2) is 30.7 Å². The Hall–Kier alpha value is -2.37. The molecular formula is C21H29N3O3. The Kier molecular flexibility index (Phi) is 5.27. The van der Waals surface area contributed by atoms with E-state index < -0.39 is 0 Å². The molecule has 27 heavy (non-hydrogen) atoms. The number of nitrogens with zero attached hydrogens (tertiary/aromatic N) is 1. The molecule has 2 fully saturated rings. The van der Waals surface area contributed by atoms with E-state index in [1.54, 1.807) is 24.3 Å². The molecule has 1 aromatic rings. The van der Waals surface area contributed by atoms with Crippen LogP contribution in [0.5, 0.6) is 5.75 Å². The van der Waals surface area contributed by atoms with E-state index in [4.69, 9.17) is 4.74 Å². The summed E-state index contributed by atoms with van der Waals surface area (Å²) in [5.74, 6) is 0.738. The minimum atomic E-state index is -0.314. The van der Waals surface area contributed by atoms with Crippen LogP contribution in [0, 0.1) is 16.7 Å². The molecular weight excluding hydrogens is 342 g/mol. The maximum atomic E-state index is 12.2. The van der Waals surface area contributed by atoms with Crippen molar-refractivity contribution < 1.29 is 14.3 Å². The first-order valence-corrected chi connectivity index (χ1v) is 9.65. The molecule has 2 aliphatic rings. The third-order valence-corrected chi connectivity index (χ3v) is 6.66. The van der Waals surface area contributed by atoms with Gasteiger partial charge in [0.15, 0.2) is 0 Å². The first kappa shape index (κ1) is 19.4. The van der Waals surface area contributed by atoms with Crippen molar-refractivity contribution in [2.45, 2.75) is 47.0 Å². The summed E-state index contributed by atoms with van der Waals surface area (Å²) in [6.45, 7) is 9.22. The van der Waals surface area contributed by atoms with Crippen LogP contribution in [0.15, 0.2) is 29.4 Å². The zero-order chi connectivity index (χ0) is 19.7. The van der Waals surface area contributed by atoms with Gasteiger partial charge in [0.2, 0.25) is 0 Å². The van der Waals surface area contributed by atoms with Crippen molar-refractivity contribution in [3.63, 3.8) is 0 Å². The van der Waals surface area contributed by atoms with Gasteiger partial charge in [-0.05, 0) is 61.8 Å². The van der Waals surface area contributed by atoms with Crippen LogP contribution in [0.2, 0.25) is 0 Å². The number of carbonyl (C=O) groups excluding carboxylic acids is 2. The number of nitrogens with one attached hydrogen (secondary N) is 2. The third-order valence-electron chi connectivity index (χ3n) is 6.66. The average molecular weight is 371 g/mol. The molecule has 0 heterocycles. The van der Waals surface area contributed by atoms with Gasteiger partial charge in [0.1, 0.15) is 5.75 Å². The summed E-state index contributed by atoms with van der Waals surface area (Å²) < 4.78 is 5.35. The summed E-state index contributed by atoms with van der Waals surface area (Å²) in [5, 5.41) is 7.03. The highest BCUT2D eigenvalue weighted by Crippen LogP contribution is 2.63. The fraction of sp³-hybridized carbons (Fsp3) is 0.571. The number of hydrogen-bond acceptors (Lipinski definition) is 4. The van der Waals surface area contributed by atoms with Crippen LogP contribution in [0.25, 0.3) is 0 Å². The molecule has 2 aliphatic carbocycles. The van der Waals surface area contributed by atoms with E-state index >= 15 is 0 Å². The van der Waals surface area contributed by atoms with Crippen molar-refractivity contribution in [3.8, 4) is 5.75 Å². The third kappa shape index (κ3) is 3.57. The van der Waals surface area contributed by atoms with Gasteiger partial charge in [-0.2, -0.15) is 5.10 Å². The zero-order valence-electron chi connectivity index (χ0n) is 16.6. The predicted octanol–water partition coefficient (Wildman–Crippen LogP) is 3.13. The molecule has 2 saturated carbocycles. The topological polar surface area (TPSA) is 79.8 Å². The fourth-order valence-corrected chi connectivity index (χ4v) is 4.40. The molecule has 2 amide bonds. The largest absolute Gasteiger partial charge is 0.494 e. The van der Waals surface area contributed by atoms with E-state index in [1.165, 1.54) is 6.42 Å². The minimum absolute atomic E-state index is 0.0521. The van der Waals surface area contributed by atoms with Gasteiger partial charge in [0, 0.05) is 16.7 Å². The van der Waals surface area contributed by atoms with Crippen LogP contribution in [-0.2, 0) is 4.79 Å². The van der Waals surface area contributed by atoms with E-state index in [9.17, 15) is 9.59 Å². The number of rotatable bonds is 6. The van der Waals surface area contributed by atoms with Crippen molar-refractivity contribution in [1.29, 1.82) is 0 Å². The molecule has 2 N–H and O–H groups in total. The van der Waals surface area contributed by atoms with E-state index in [1.807, 2.05) is 6.92 Å². The Labute approximate surface area is 160 Å². The Morgan fingerprint density at radius 1 is 1.22 bits per heavy atom. The zero-order valence-corrected chi connectivity index (χ0v) is 16.6. The van der Waals surface area contributed by atoms with Crippen molar-refractivity contribution in [1.82, 2.24) is 10.7 Å². The number of amides is 2.